The van der Waals surface area contributed by atoms with Crippen molar-refractivity contribution in [1.82, 2.24) is 5.32 Å². The van der Waals surface area contributed by atoms with Crippen LogP contribution in [-0.4, -0.2) is 29.6 Å². The van der Waals surface area contributed by atoms with Crippen LogP contribution in [0.1, 0.15) is 20.3 Å². The van der Waals surface area contributed by atoms with Gasteiger partial charge in [0.05, 0.1) is 12.5 Å². The molecule has 0 aromatic carbocycles. The third kappa shape index (κ3) is 5.17. The van der Waals surface area contributed by atoms with Crippen LogP contribution in [0.2, 0.25) is 0 Å². The van der Waals surface area contributed by atoms with Crippen molar-refractivity contribution in [1.29, 1.82) is 0 Å². The summed E-state index contributed by atoms with van der Waals surface area (Å²) in [5, 5.41) is 11.2. The van der Waals surface area contributed by atoms with Crippen LogP contribution >= 0.6 is 0 Å². The molecule has 0 rings (SSSR count). The molecule has 0 fully saturated rings. The highest BCUT2D eigenvalue weighted by molar-refractivity contribution is 5.83. The standard InChI is InChI=1S/C10H18N2O3/c1-6(2)8(5-11)12-10(15)7(3)4-9(13)14/h7-8H,1,4-5,11H2,2-3H3,(H,12,15)(H,13,14)/t7?,8-/m0/s1. The summed E-state index contributed by atoms with van der Waals surface area (Å²) in [6.07, 6.45) is -0.181. The summed E-state index contributed by atoms with van der Waals surface area (Å²) in [6.45, 7) is 7.28. The molecule has 0 radical (unpaired) electrons. The summed E-state index contributed by atoms with van der Waals surface area (Å²) in [5.74, 6) is -1.86. The second-order valence-electron chi connectivity index (χ2n) is 3.64. The number of carboxylic acid groups (broad SMARTS) is 1. The van der Waals surface area contributed by atoms with Gasteiger partial charge in [-0.3, -0.25) is 9.59 Å². The Kier molecular flexibility index (Phi) is 5.62. The van der Waals surface area contributed by atoms with E-state index in [0.29, 0.717) is 0 Å². The van der Waals surface area contributed by atoms with E-state index in [9.17, 15) is 9.59 Å². The van der Waals surface area contributed by atoms with E-state index in [0.717, 1.165) is 5.57 Å². The lowest BCUT2D eigenvalue weighted by molar-refractivity contribution is -0.140. The van der Waals surface area contributed by atoms with Gasteiger partial charge in [-0.15, -0.1) is 0 Å². The second-order valence-corrected chi connectivity index (χ2v) is 3.64. The maximum absolute atomic E-state index is 11.5. The van der Waals surface area contributed by atoms with E-state index in [1.165, 1.54) is 0 Å². The third-order valence-electron chi connectivity index (χ3n) is 2.08. The molecule has 0 aliphatic rings. The number of hydrogen-bond acceptors (Lipinski definition) is 3. The molecule has 86 valence electrons. The minimum absolute atomic E-state index is 0.181. The van der Waals surface area contributed by atoms with E-state index >= 15 is 0 Å². The highest BCUT2D eigenvalue weighted by Crippen LogP contribution is 2.04. The predicted octanol–water partition coefficient (Wildman–Crippen LogP) is 0.117. The topological polar surface area (TPSA) is 92.4 Å². The van der Waals surface area contributed by atoms with Crippen molar-refractivity contribution in [2.24, 2.45) is 11.7 Å². The molecule has 0 aliphatic heterocycles. The summed E-state index contributed by atoms with van der Waals surface area (Å²) in [5.41, 5.74) is 6.19. The van der Waals surface area contributed by atoms with E-state index in [4.69, 9.17) is 10.8 Å². The van der Waals surface area contributed by atoms with Crippen molar-refractivity contribution in [3.05, 3.63) is 12.2 Å². The van der Waals surface area contributed by atoms with Crippen molar-refractivity contribution in [2.75, 3.05) is 6.54 Å². The summed E-state index contributed by atoms with van der Waals surface area (Å²) in [4.78, 5) is 21.9. The van der Waals surface area contributed by atoms with Crippen molar-refractivity contribution in [3.8, 4) is 0 Å². The molecular weight excluding hydrogens is 196 g/mol. The zero-order valence-electron chi connectivity index (χ0n) is 9.12. The van der Waals surface area contributed by atoms with Crippen LogP contribution < -0.4 is 11.1 Å². The fourth-order valence-electron chi connectivity index (χ4n) is 1.05. The van der Waals surface area contributed by atoms with Crippen LogP contribution in [0, 0.1) is 5.92 Å². The second kappa shape index (κ2) is 6.19. The van der Waals surface area contributed by atoms with E-state index in [1.807, 2.05) is 0 Å². The molecule has 5 heteroatoms. The molecule has 0 aromatic heterocycles. The maximum atomic E-state index is 11.5. The molecule has 1 unspecified atom stereocenters. The summed E-state index contributed by atoms with van der Waals surface area (Å²) < 4.78 is 0. The summed E-state index contributed by atoms with van der Waals surface area (Å²) in [6, 6.07) is -0.284. The Morgan fingerprint density at radius 3 is 2.40 bits per heavy atom. The Labute approximate surface area is 89.3 Å². The smallest absolute Gasteiger partial charge is 0.304 e. The van der Waals surface area contributed by atoms with Gasteiger partial charge in [-0.2, -0.15) is 0 Å². The highest BCUT2D eigenvalue weighted by atomic mass is 16.4. The lowest BCUT2D eigenvalue weighted by atomic mass is 10.1. The average molecular weight is 214 g/mol. The minimum atomic E-state index is -0.989. The van der Waals surface area contributed by atoms with Gasteiger partial charge in [0.1, 0.15) is 0 Å². The van der Waals surface area contributed by atoms with Gasteiger partial charge in [-0.25, -0.2) is 0 Å². The monoisotopic (exact) mass is 214 g/mol. The number of nitrogens with two attached hydrogens (primary N) is 1. The van der Waals surface area contributed by atoms with Crippen LogP contribution in [0.25, 0.3) is 0 Å². The molecular formula is C10H18N2O3. The molecule has 0 aliphatic carbocycles. The molecule has 1 amide bonds. The number of carbonyl (C=O) groups excluding carboxylic acids is 1. The third-order valence-corrected chi connectivity index (χ3v) is 2.08. The number of carboxylic acids is 1. The number of carbonyl (C=O) groups is 2. The lowest BCUT2D eigenvalue weighted by Gasteiger charge is -2.19. The van der Waals surface area contributed by atoms with Gasteiger partial charge in [-0.05, 0) is 6.92 Å². The Morgan fingerprint density at radius 1 is 1.53 bits per heavy atom. The molecule has 4 N–H and O–H groups in total. The Balaban J connectivity index is 4.21. The van der Waals surface area contributed by atoms with Gasteiger partial charge >= 0.3 is 5.97 Å². The molecule has 0 saturated heterocycles. The van der Waals surface area contributed by atoms with Gasteiger partial charge in [0.2, 0.25) is 5.91 Å². The van der Waals surface area contributed by atoms with E-state index in [-0.39, 0.29) is 24.9 Å². The lowest BCUT2D eigenvalue weighted by Crippen LogP contribution is -2.43. The number of rotatable bonds is 6. The molecule has 0 heterocycles. The Bertz CT molecular complexity index is 263. The zero-order chi connectivity index (χ0) is 12.0. The molecule has 0 bridgehead atoms. The first-order chi connectivity index (χ1) is 6.88. The van der Waals surface area contributed by atoms with Crippen LogP contribution in [0.3, 0.4) is 0 Å². The maximum Gasteiger partial charge on any atom is 0.304 e. The average Bonchev–Trinajstić information content (AvgIpc) is 2.11. The first-order valence-electron chi connectivity index (χ1n) is 4.76. The molecule has 0 saturated carbocycles. The summed E-state index contributed by atoms with van der Waals surface area (Å²) >= 11 is 0. The highest BCUT2D eigenvalue weighted by Gasteiger charge is 2.19. The largest absolute Gasteiger partial charge is 0.481 e. The quantitative estimate of drug-likeness (QED) is 0.547. The number of nitrogens with one attached hydrogen (secondary N) is 1. The van der Waals surface area contributed by atoms with E-state index in [1.54, 1.807) is 13.8 Å². The molecule has 0 aromatic rings. The van der Waals surface area contributed by atoms with Crippen molar-refractivity contribution in [3.63, 3.8) is 0 Å². The fraction of sp³-hybridized carbons (Fsp3) is 0.600. The zero-order valence-corrected chi connectivity index (χ0v) is 9.12. The molecule has 15 heavy (non-hydrogen) atoms. The van der Waals surface area contributed by atoms with Crippen LogP contribution in [0.15, 0.2) is 12.2 Å². The first kappa shape index (κ1) is 13.6. The molecule has 5 nitrogen and oxygen atoms in total. The minimum Gasteiger partial charge on any atom is -0.481 e. The van der Waals surface area contributed by atoms with Gasteiger partial charge in [0, 0.05) is 12.5 Å². The number of aliphatic carboxylic acids is 1. The van der Waals surface area contributed by atoms with Gasteiger partial charge < -0.3 is 16.2 Å². The Hall–Kier alpha value is -1.36. The van der Waals surface area contributed by atoms with E-state index < -0.39 is 11.9 Å². The molecule has 2 atom stereocenters. The van der Waals surface area contributed by atoms with Crippen LogP contribution in [0.5, 0.6) is 0 Å². The van der Waals surface area contributed by atoms with Crippen LogP contribution in [0.4, 0.5) is 0 Å². The van der Waals surface area contributed by atoms with Crippen LogP contribution in [-0.2, 0) is 9.59 Å². The first-order valence-corrected chi connectivity index (χ1v) is 4.76. The Morgan fingerprint density at radius 2 is 2.07 bits per heavy atom. The number of hydrogen-bond donors (Lipinski definition) is 3. The van der Waals surface area contributed by atoms with Crippen molar-refractivity contribution < 1.29 is 14.7 Å². The normalized spacial score (nSPS) is 14.1. The van der Waals surface area contributed by atoms with Gasteiger partial charge in [0.15, 0.2) is 0 Å². The van der Waals surface area contributed by atoms with Crippen molar-refractivity contribution >= 4 is 11.9 Å². The van der Waals surface area contributed by atoms with E-state index in [2.05, 4.69) is 11.9 Å². The van der Waals surface area contributed by atoms with Gasteiger partial charge in [0.25, 0.3) is 0 Å². The number of amides is 1. The predicted molar refractivity (Wildman–Crippen MR) is 57.2 cm³/mol. The summed E-state index contributed by atoms with van der Waals surface area (Å²) in [7, 11) is 0. The molecule has 0 spiro atoms. The van der Waals surface area contributed by atoms with Crippen molar-refractivity contribution in [2.45, 2.75) is 26.3 Å². The fourth-order valence-corrected chi connectivity index (χ4v) is 1.05. The SMILES string of the molecule is C=C(C)[C@H](CN)NC(=O)C(C)CC(=O)O. The van der Waals surface area contributed by atoms with Gasteiger partial charge in [-0.1, -0.05) is 19.1 Å².